The number of benzene rings is 1. The van der Waals surface area contributed by atoms with Gasteiger partial charge in [0.2, 0.25) is 5.88 Å². The zero-order valence-electron chi connectivity index (χ0n) is 11.2. The van der Waals surface area contributed by atoms with E-state index in [1.54, 1.807) is 6.20 Å². The van der Waals surface area contributed by atoms with Crippen molar-refractivity contribution in [1.29, 1.82) is 0 Å². The van der Waals surface area contributed by atoms with Crippen molar-refractivity contribution in [1.82, 2.24) is 10.3 Å². The highest BCUT2D eigenvalue weighted by Gasteiger charge is 2.13. The van der Waals surface area contributed by atoms with Gasteiger partial charge < -0.3 is 10.1 Å². The predicted octanol–water partition coefficient (Wildman–Crippen LogP) is 2.40. The van der Waals surface area contributed by atoms with Gasteiger partial charge >= 0.3 is 0 Å². The van der Waals surface area contributed by atoms with Gasteiger partial charge in [-0.15, -0.1) is 0 Å². The van der Waals surface area contributed by atoms with Crippen molar-refractivity contribution in [3.8, 4) is 5.88 Å². The Kier molecular flexibility index (Phi) is 3.92. The van der Waals surface area contributed by atoms with Crippen LogP contribution in [0.2, 0.25) is 0 Å². The monoisotopic (exact) mass is 267 g/mol. The zero-order valence-corrected chi connectivity index (χ0v) is 11.2. The van der Waals surface area contributed by atoms with Crippen LogP contribution >= 0.6 is 0 Å². The van der Waals surface area contributed by atoms with E-state index in [-0.39, 0.29) is 0 Å². The summed E-state index contributed by atoms with van der Waals surface area (Å²) in [6, 6.07) is 14.0. The third-order valence-electron chi connectivity index (χ3n) is 3.14. The average molecular weight is 267 g/mol. The third kappa shape index (κ3) is 2.96. The third-order valence-corrected chi connectivity index (χ3v) is 3.14. The van der Waals surface area contributed by atoms with Crippen molar-refractivity contribution < 1.29 is 4.74 Å². The number of nitrogens with zero attached hydrogens (tertiary/aromatic N) is 2. The lowest BCUT2D eigenvalue weighted by atomic mass is 10.2. The van der Waals surface area contributed by atoms with Crippen molar-refractivity contribution >= 4 is 5.84 Å². The first-order chi connectivity index (χ1) is 9.93. The topological polar surface area (TPSA) is 46.5 Å². The molecule has 1 aliphatic heterocycles. The molecule has 0 spiro atoms. The standard InChI is InChI=1S/C16H17N3O/c1-2-6-13(7-3-1)12-20-16-14(8-4-9-19-16)15-17-10-5-11-18-15/h1-4,6-9H,5,10-12H2,(H,17,18). The molecule has 0 radical (unpaired) electrons. The van der Waals surface area contributed by atoms with Gasteiger partial charge in [-0.1, -0.05) is 30.3 Å². The van der Waals surface area contributed by atoms with Gasteiger partial charge in [-0.05, 0) is 24.1 Å². The van der Waals surface area contributed by atoms with E-state index in [0.29, 0.717) is 12.5 Å². The van der Waals surface area contributed by atoms with Crippen molar-refractivity contribution in [2.24, 2.45) is 4.99 Å². The van der Waals surface area contributed by atoms with E-state index in [1.807, 2.05) is 42.5 Å². The van der Waals surface area contributed by atoms with Crippen LogP contribution in [0.3, 0.4) is 0 Å². The first-order valence-electron chi connectivity index (χ1n) is 6.84. The predicted molar refractivity (Wildman–Crippen MR) is 79.0 cm³/mol. The van der Waals surface area contributed by atoms with Crippen molar-refractivity contribution in [2.75, 3.05) is 13.1 Å². The molecule has 2 heterocycles. The fourth-order valence-corrected chi connectivity index (χ4v) is 2.12. The Balaban J connectivity index is 1.78. The largest absolute Gasteiger partial charge is 0.472 e. The van der Waals surface area contributed by atoms with Crippen LogP contribution in [-0.2, 0) is 6.61 Å². The van der Waals surface area contributed by atoms with E-state index < -0.39 is 0 Å². The van der Waals surface area contributed by atoms with Crippen LogP contribution in [0.15, 0.2) is 53.7 Å². The first-order valence-corrected chi connectivity index (χ1v) is 6.84. The number of ether oxygens (including phenoxy) is 1. The number of pyridine rings is 1. The molecule has 2 aromatic rings. The van der Waals surface area contributed by atoms with Gasteiger partial charge in [0.1, 0.15) is 12.4 Å². The summed E-state index contributed by atoms with van der Waals surface area (Å²) in [6.45, 7) is 2.32. The summed E-state index contributed by atoms with van der Waals surface area (Å²) in [5, 5.41) is 3.30. The van der Waals surface area contributed by atoms with E-state index in [9.17, 15) is 0 Å². The molecule has 0 saturated heterocycles. The van der Waals surface area contributed by atoms with E-state index in [1.165, 1.54) is 0 Å². The molecule has 1 aromatic heterocycles. The van der Waals surface area contributed by atoms with Crippen LogP contribution in [0.25, 0.3) is 0 Å². The maximum atomic E-state index is 5.84. The molecule has 0 bridgehead atoms. The normalized spacial score (nSPS) is 14.3. The molecule has 0 atom stereocenters. The lowest BCUT2D eigenvalue weighted by molar-refractivity contribution is 0.293. The molecule has 1 aliphatic rings. The lowest BCUT2D eigenvalue weighted by Crippen LogP contribution is -2.30. The highest BCUT2D eigenvalue weighted by Crippen LogP contribution is 2.17. The van der Waals surface area contributed by atoms with E-state index in [0.717, 1.165) is 36.5 Å². The second-order valence-corrected chi connectivity index (χ2v) is 4.64. The summed E-state index contributed by atoms with van der Waals surface area (Å²) in [5.74, 6) is 1.51. The Hall–Kier alpha value is -2.36. The molecule has 20 heavy (non-hydrogen) atoms. The van der Waals surface area contributed by atoms with Gasteiger partial charge in [0, 0.05) is 19.3 Å². The van der Waals surface area contributed by atoms with Crippen LogP contribution in [0.4, 0.5) is 0 Å². The number of amidine groups is 1. The summed E-state index contributed by atoms with van der Waals surface area (Å²) in [4.78, 5) is 8.83. The van der Waals surface area contributed by atoms with Gasteiger partial charge in [-0.3, -0.25) is 4.99 Å². The first kappa shape index (κ1) is 12.7. The lowest BCUT2D eigenvalue weighted by Gasteiger charge is -2.16. The quantitative estimate of drug-likeness (QED) is 0.925. The molecule has 1 N–H and O–H groups in total. The minimum atomic E-state index is 0.512. The number of rotatable bonds is 4. The molecule has 0 fully saturated rings. The van der Waals surface area contributed by atoms with Crippen LogP contribution in [0.5, 0.6) is 5.88 Å². The Labute approximate surface area is 118 Å². The van der Waals surface area contributed by atoms with E-state index >= 15 is 0 Å². The van der Waals surface area contributed by atoms with Crippen LogP contribution in [-0.4, -0.2) is 23.9 Å². The zero-order chi connectivity index (χ0) is 13.6. The molecule has 0 aliphatic carbocycles. The van der Waals surface area contributed by atoms with Crippen LogP contribution < -0.4 is 10.1 Å². The van der Waals surface area contributed by atoms with E-state index in [4.69, 9.17) is 4.74 Å². The molecule has 0 saturated carbocycles. The van der Waals surface area contributed by atoms with Crippen molar-refractivity contribution in [3.05, 3.63) is 59.8 Å². The summed E-state index contributed by atoms with van der Waals surface area (Å²) < 4.78 is 5.84. The fraction of sp³-hybridized carbons (Fsp3) is 0.250. The van der Waals surface area contributed by atoms with Crippen LogP contribution in [0, 0.1) is 0 Å². The minimum absolute atomic E-state index is 0.512. The Morgan fingerprint density at radius 3 is 2.80 bits per heavy atom. The molecule has 4 nitrogen and oxygen atoms in total. The maximum absolute atomic E-state index is 5.84. The highest BCUT2D eigenvalue weighted by molar-refractivity contribution is 6.00. The summed E-state index contributed by atoms with van der Waals surface area (Å²) in [5.41, 5.74) is 2.06. The maximum Gasteiger partial charge on any atom is 0.224 e. The van der Waals surface area contributed by atoms with Crippen molar-refractivity contribution in [2.45, 2.75) is 13.0 Å². The molecular weight excluding hydrogens is 250 g/mol. The van der Waals surface area contributed by atoms with Gasteiger partial charge in [0.05, 0.1) is 5.56 Å². The average Bonchev–Trinajstić information content (AvgIpc) is 2.55. The summed E-state index contributed by atoms with van der Waals surface area (Å²) >= 11 is 0. The molecule has 4 heteroatoms. The molecule has 1 aromatic carbocycles. The van der Waals surface area contributed by atoms with Crippen molar-refractivity contribution in [3.63, 3.8) is 0 Å². The fourth-order valence-electron chi connectivity index (χ4n) is 2.12. The molecular formula is C16H17N3O. The Morgan fingerprint density at radius 2 is 2.00 bits per heavy atom. The smallest absolute Gasteiger partial charge is 0.224 e. The number of nitrogens with one attached hydrogen (secondary N) is 1. The summed E-state index contributed by atoms with van der Waals surface area (Å²) in [7, 11) is 0. The second kappa shape index (κ2) is 6.19. The number of hydrogen-bond acceptors (Lipinski definition) is 4. The van der Waals surface area contributed by atoms with E-state index in [2.05, 4.69) is 15.3 Å². The number of aliphatic imine (C=N–C) groups is 1. The number of aromatic nitrogens is 1. The molecule has 3 rings (SSSR count). The minimum Gasteiger partial charge on any atom is -0.472 e. The van der Waals surface area contributed by atoms with Gasteiger partial charge in [0.15, 0.2) is 0 Å². The van der Waals surface area contributed by atoms with Gasteiger partial charge in [-0.25, -0.2) is 4.98 Å². The second-order valence-electron chi connectivity index (χ2n) is 4.64. The SMILES string of the molecule is c1ccc(COc2ncccc2C2=NCCCN2)cc1. The Bertz CT molecular complexity index is 596. The molecule has 102 valence electrons. The number of hydrogen-bond donors (Lipinski definition) is 1. The molecule has 0 amide bonds. The highest BCUT2D eigenvalue weighted by atomic mass is 16.5. The van der Waals surface area contributed by atoms with Crippen LogP contribution in [0.1, 0.15) is 17.5 Å². The Morgan fingerprint density at radius 1 is 1.10 bits per heavy atom. The van der Waals surface area contributed by atoms with Gasteiger partial charge in [-0.2, -0.15) is 0 Å². The van der Waals surface area contributed by atoms with Gasteiger partial charge in [0.25, 0.3) is 0 Å². The molecule has 0 unspecified atom stereocenters. The summed E-state index contributed by atoms with van der Waals surface area (Å²) in [6.07, 6.45) is 2.82.